The van der Waals surface area contributed by atoms with Crippen molar-refractivity contribution in [3.8, 4) is 11.5 Å². The lowest BCUT2D eigenvalue weighted by Gasteiger charge is -2.13. The van der Waals surface area contributed by atoms with Gasteiger partial charge in [0.05, 0.1) is 0 Å². The van der Waals surface area contributed by atoms with E-state index in [1.165, 1.54) is 11.6 Å². The number of hydrogen-bond donors (Lipinski definition) is 3. The molecule has 116 valence electrons. The Morgan fingerprint density at radius 2 is 1.73 bits per heavy atom. The van der Waals surface area contributed by atoms with Crippen molar-refractivity contribution in [2.75, 3.05) is 0 Å². The van der Waals surface area contributed by atoms with E-state index in [4.69, 9.17) is 0 Å². The quantitative estimate of drug-likeness (QED) is 0.802. The molecule has 4 nitrogen and oxygen atoms in total. The third kappa shape index (κ3) is 3.06. The van der Waals surface area contributed by atoms with Crippen LogP contribution in [-0.2, 0) is 6.42 Å². The van der Waals surface area contributed by atoms with Crippen LogP contribution >= 0.6 is 0 Å². The zero-order chi connectivity index (χ0) is 16.4. The topological polar surface area (TPSA) is 77.8 Å². The molecule has 0 heterocycles. The Bertz CT molecular complexity index is 700. The van der Waals surface area contributed by atoms with Crippen LogP contribution in [0.2, 0.25) is 0 Å². The molecule has 0 atom stereocenters. The number of aromatic hydroxyl groups is 2. The fraction of sp³-hybridized carbons (Fsp3) is 0.278. The summed E-state index contributed by atoms with van der Waals surface area (Å²) in [6, 6.07) is 9.23. The highest BCUT2D eigenvalue weighted by Crippen LogP contribution is 2.35. The van der Waals surface area contributed by atoms with Crippen LogP contribution in [0.15, 0.2) is 30.3 Å². The van der Waals surface area contributed by atoms with Crippen molar-refractivity contribution in [3.05, 3.63) is 58.1 Å². The van der Waals surface area contributed by atoms with Crippen LogP contribution in [0.1, 0.15) is 52.4 Å². The predicted octanol–water partition coefficient (Wildman–Crippen LogP) is 3.82. The maximum absolute atomic E-state index is 11.2. The van der Waals surface area contributed by atoms with Gasteiger partial charge in [-0.1, -0.05) is 38.1 Å². The number of phenolic OH excluding ortho intramolecular Hbond substituents is 1. The van der Waals surface area contributed by atoms with E-state index in [1.54, 1.807) is 6.92 Å². The van der Waals surface area contributed by atoms with Gasteiger partial charge in [-0.05, 0) is 35.6 Å². The summed E-state index contributed by atoms with van der Waals surface area (Å²) in [7, 11) is 0. The van der Waals surface area contributed by atoms with Crippen molar-refractivity contribution >= 4 is 5.97 Å². The van der Waals surface area contributed by atoms with Crippen LogP contribution in [0.3, 0.4) is 0 Å². The van der Waals surface area contributed by atoms with Gasteiger partial charge < -0.3 is 15.3 Å². The van der Waals surface area contributed by atoms with Gasteiger partial charge in [-0.25, -0.2) is 4.79 Å². The average Bonchev–Trinajstić information content (AvgIpc) is 2.43. The summed E-state index contributed by atoms with van der Waals surface area (Å²) in [6.45, 7) is 5.75. The smallest absolute Gasteiger partial charge is 0.339 e. The molecule has 2 aromatic rings. The van der Waals surface area contributed by atoms with E-state index in [0.717, 1.165) is 5.56 Å². The number of aryl methyl sites for hydroxylation is 1. The summed E-state index contributed by atoms with van der Waals surface area (Å²) < 4.78 is 0. The van der Waals surface area contributed by atoms with Gasteiger partial charge in [0.1, 0.15) is 17.1 Å². The lowest BCUT2D eigenvalue weighted by atomic mass is 9.95. The summed E-state index contributed by atoms with van der Waals surface area (Å²) in [4.78, 5) is 11.2. The number of benzene rings is 2. The molecule has 0 fully saturated rings. The van der Waals surface area contributed by atoms with Gasteiger partial charge in [0, 0.05) is 12.0 Å². The van der Waals surface area contributed by atoms with E-state index in [9.17, 15) is 20.1 Å². The molecule has 0 saturated carbocycles. The Hall–Kier alpha value is -2.49. The molecule has 4 heteroatoms. The molecule has 2 aromatic carbocycles. The molecule has 0 spiro atoms. The van der Waals surface area contributed by atoms with Crippen LogP contribution in [0.4, 0.5) is 0 Å². The molecule has 0 bridgehead atoms. The van der Waals surface area contributed by atoms with Gasteiger partial charge in [-0.15, -0.1) is 0 Å². The van der Waals surface area contributed by atoms with Crippen molar-refractivity contribution in [2.24, 2.45) is 0 Å². The molecule has 0 radical (unpaired) electrons. The molecule has 3 N–H and O–H groups in total. The van der Waals surface area contributed by atoms with Crippen LogP contribution in [0.5, 0.6) is 11.5 Å². The third-order valence-corrected chi connectivity index (χ3v) is 3.82. The Labute approximate surface area is 129 Å². The zero-order valence-corrected chi connectivity index (χ0v) is 12.9. The number of rotatable bonds is 4. The van der Waals surface area contributed by atoms with Gasteiger partial charge in [0.25, 0.3) is 0 Å². The van der Waals surface area contributed by atoms with Crippen molar-refractivity contribution in [3.63, 3.8) is 0 Å². The van der Waals surface area contributed by atoms with Crippen LogP contribution in [0.25, 0.3) is 0 Å². The molecule has 2 rings (SSSR count). The summed E-state index contributed by atoms with van der Waals surface area (Å²) in [5.74, 6) is -1.23. The second kappa shape index (κ2) is 6.10. The van der Waals surface area contributed by atoms with Crippen LogP contribution < -0.4 is 0 Å². The first-order valence-electron chi connectivity index (χ1n) is 7.17. The molecule has 0 unspecified atom stereocenters. The lowest BCUT2D eigenvalue weighted by Crippen LogP contribution is -2.03. The predicted molar refractivity (Wildman–Crippen MR) is 84.8 cm³/mol. The second-order valence-corrected chi connectivity index (χ2v) is 5.79. The zero-order valence-electron chi connectivity index (χ0n) is 12.9. The molecule has 0 aliphatic carbocycles. The Balaban J connectivity index is 2.41. The lowest BCUT2D eigenvalue weighted by molar-refractivity contribution is 0.0692. The fourth-order valence-corrected chi connectivity index (χ4v) is 2.49. The first kappa shape index (κ1) is 15.9. The number of carboxylic acids is 1. The van der Waals surface area contributed by atoms with Crippen LogP contribution in [0, 0.1) is 6.92 Å². The first-order chi connectivity index (χ1) is 10.3. The highest BCUT2D eigenvalue weighted by molar-refractivity contribution is 5.93. The van der Waals surface area contributed by atoms with E-state index < -0.39 is 5.97 Å². The minimum Gasteiger partial charge on any atom is -0.508 e. The van der Waals surface area contributed by atoms with E-state index in [1.807, 2.05) is 24.3 Å². The number of carboxylic acid groups (broad SMARTS) is 1. The van der Waals surface area contributed by atoms with Crippen molar-refractivity contribution in [1.82, 2.24) is 0 Å². The molecule has 0 saturated heterocycles. The average molecular weight is 300 g/mol. The summed E-state index contributed by atoms with van der Waals surface area (Å²) in [6.07, 6.45) is 0.274. The largest absolute Gasteiger partial charge is 0.508 e. The molecule has 0 amide bonds. The summed E-state index contributed by atoms with van der Waals surface area (Å²) in [5.41, 5.74) is 2.51. The van der Waals surface area contributed by atoms with Gasteiger partial charge in [0.2, 0.25) is 0 Å². The number of hydrogen-bond acceptors (Lipinski definition) is 3. The van der Waals surface area contributed by atoms with Crippen LogP contribution in [-0.4, -0.2) is 21.3 Å². The van der Waals surface area contributed by atoms with Crippen molar-refractivity contribution < 1.29 is 20.1 Å². The monoisotopic (exact) mass is 300 g/mol. The normalized spacial score (nSPS) is 10.9. The fourth-order valence-electron chi connectivity index (χ4n) is 2.49. The van der Waals surface area contributed by atoms with Gasteiger partial charge in [-0.2, -0.15) is 0 Å². The minimum atomic E-state index is -1.20. The van der Waals surface area contributed by atoms with Gasteiger partial charge >= 0.3 is 5.97 Å². The minimum absolute atomic E-state index is 0.0899. The maximum Gasteiger partial charge on any atom is 0.339 e. The Kier molecular flexibility index (Phi) is 4.40. The second-order valence-electron chi connectivity index (χ2n) is 5.79. The number of phenols is 2. The van der Waals surface area contributed by atoms with E-state index in [-0.39, 0.29) is 29.0 Å². The van der Waals surface area contributed by atoms with E-state index in [2.05, 4.69) is 13.8 Å². The number of carbonyl (C=O) groups is 1. The van der Waals surface area contributed by atoms with Gasteiger partial charge in [-0.3, -0.25) is 0 Å². The summed E-state index contributed by atoms with van der Waals surface area (Å²) >= 11 is 0. The Morgan fingerprint density at radius 1 is 1.14 bits per heavy atom. The number of aromatic carboxylic acids is 1. The van der Waals surface area contributed by atoms with E-state index >= 15 is 0 Å². The summed E-state index contributed by atoms with van der Waals surface area (Å²) in [5, 5.41) is 29.4. The molecular formula is C18H20O4. The third-order valence-electron chi connectivity index (χ3n) is 3.82. The molecule has 0 aliphatic rings. The Morgan fingerprint density at radius 3 is 2.23 bits per heavy atom. The SMILES string of the molecule is Cc1cc(O)c(Cc2ccc(C(C)C)cc2)c(O)c1C(=O)O. The van der Waals surface area contributed by atoms with Gasteiger partial charge in [0.15, 0.2) is 0 Å². The van der Waals surface area contributed by atoms with Crippen molar-refractivity contribution in [1.29, 1.82) is 0 Å². The highest BCUT2D eigenvalue weighted by Gasteiger charge is 2.20. The molecule has 0 aliphatic heterocycles. The maximum atomic E-state index is 11.2. The molecule has 22 heavy (non-hydrogen) atoms. The van der Waals surface area contributed by atoms with Crippen molar-refractivity contribution in [2.45, 2.75) is 33.1 Å². The first-order valence-corrected chi connectivity index (χ1v) is 7.17. The van der Waals surface area contributed by atoms with E-state index in [0.29, 0.717) is 11.5 Å². The standard InChI is InChI=1S/C18H20O4/c1-10(2)13-6-4-12(5-7-13)9-14-15(19)8-11(3)16(17(14)20)18(21)22/h4-8,10,19-20H,9H2,1-3H3,(H,21,22). The molecule has 0 aromatic heterocycles. The highest BCUT2D eigenvalue weighted by atomic mass is 16.4. The molecular weight excluding hydrogens is 280 g/mol.